The summed E-state index contributed by atoms with van der Waals surface area (Å²) in [6.07, 6.45) is 0. The molecule has 0 aliphatic heterocycles. The molecule has 2 aromatic heterocycles. The zero-order valence-corrected chi connectivity index (χ0v) is 33.0. The third kappa shape index (κ3) is 4.90. The van der Waals surface area contributed by atoms with Gasteiger partial charge in [0.1, 0.15) is 11.2 Å². The van der Waals surface area contributed by atoms with Gasteiger partial charge in [0.2, 0.25) is 0 Å². The van der Waals surface area contributed by atoms with Gasteiger partial charge in [-0.1, -0.05) is 147 Å². The maximum absolute atomic E-state index is 6.59. The summed E-state index contributed by atoms with van der Waals surface area (Å²) < 4.78 is 9.23. The topological polar surface area (TPSA) is 16.4 Å². The molecule has 1 aliphatic carbocycles. The highest BCUT2D eigenvalue weighted by atomic mass is 32.1. The van der Waals surface area contributed by atoms with Gasteiger partial charge in [0.25, 0.3) is 0 Å². The average molecular weight is 760 g/mol. The van der Waals surface area contributed by atoms with Crippen LogP contribution in [0.25, 0.3) is 86.3 Å². The number of hydrogen-bond acceptors (Lipinski definition) is 3. The highest BCUT2D eigenvalue weighted by molar-refractivity contribution is 7.26. The van der Waals surface area contributed by atoms with Crippen molar-refractivity contribution in [3.05, 3.63) is 199 Å². The van der Waals surface area contributed by atoms with Gasteiger partial charge >= 0.3 is 0 Å². The Labute approximate surface area is 340 Å². The number of benzene rings is 9. The van der Waals surface area contributed by atoms with Gasteiger partial charge in [-0.25, -0.2) is 0 Å². The molecule has 0 unspecified atom stereocenters. The predicted octanol–water partition coefficient (Wildman–Crippen LogP) is 16.2. The molecule has 11 aromatic rings. The van der Waals surface area contributed by atoms with Crippen LogP contribution in [-0.2, 0) is 5.41 Å². The van der Waals surface area contributed by atoms with Crippen LogP contribution in [-0.4, -0.2) is 0 Å². The van der Waals surface area contributed by atoms with Crippen LogP contribution in [0.3, 0.4) is 0 Å². The van der Waals surface area contributed by atoms with Crippen molar-refractivity contribution >= 4 is 81.3 Å². The third-order valence-electron chi connectivity index (χ3n) is 12.5. The lowest BCUT2D eigenvalue weighted by atomic mass is 9.82. The fourth-order valence-corrected chi connectivity index (χ4v) is 10.9. The van der Waals surface area contributed by atoms with Crippen LogP contribution >= 0.6 is 11.3 Å². The van der Waals surface area contributed by atoms with Crippen LogP contribution < -0.4 is 4.90 Å². The monoisotopic (exact) mass is 759 g/mol. The summed E-state index contributed by atoms with van der Waals surface area (Å²) in [7, 11) is 0. The van der Waals surface area contributed by atoms with E-state index in [-0.39, 0.29) is 5.41 Å². The first-order chi connectivity index (χ1) is 28.5. The Bertz CT molecular complexity index is 3440. The molecule has 3 heteroatoms. The van der Waals surface area contributed by atoms with Crippen molar-refractivity contribution in [1.29, 1.82) is 0 Å². The predicted molar refractivity (Wildman–Crippen MR) is 247 cm³/mol. The van der Waals surface area contributed by atoms with Gasteiger partial charge in [-0.2, -0.15) is 0 Å². The minimum Gasteiger partial charge on any atom is -0.456 e. The summed E-state index contributed by atoms with van der Waals surface area (Å²) in [6.45, 7) is 4.72. The second-order valence-corrected chi connectivity index (χ2v) is 17.1. The van der Waals surface area contributed by atoms with Crippen LogP contribution in [0.15, 0.2) is 192 Å². The van der Waals surface area contributed by atoms with Gasteiger partial charge in [0.05, 0.1) is 5.69 Å². The van der Waals surface area contributed by atoms with Crippen molar-refractivity contribution in [2.45, 2.75) is 19.3 Å². The van der Waals surface area contributed by atoms with E-state index >= 15 is 0 Å². The van der Waals surface area contributed by atoms with Gasteiger partial charge in [0, 0.05) is 53.3 Å². The largest absolute Gasteiger partial charge is 0.456 e. The molecule has 0 fully saturated rings. The molecular weight excluding hydrogens is 723 g/mol. The second kappa shape index (κ2) is 12.5. The van der Waals surface area contributed by atoms with E-state index in [2.05, 4.69) is 207 Å². The molecule has 1 aliphatic rings. The molecule has 0 N–H and O–H groups in total. The van der Waals surface area contributed by atoms with E-state index in [9.17, 15) is 0 Å². The number of hydrogen-bond donors (Lipinski definition) is 0. The van der Waals surface area contributed by atoms with Gasteiger partial charge in [-0.15, -0.1) is 11.3 Å². The molecule has 274 valence electrons. The summed E-state index contributed by atoms with van der Waals surface area (Å²) in [4.78, 5) is 2.45. The first kappa shape index (κ1) is 33.2. The first-order valence-electron chi connectivity index (χ1n) is 20.0. The number of thiophene rings is 1. The molecule has 2 nitrogen and oxygen atoms in total. The smallest absolute Gasteiger partial charge is 0.136 e. The molecule has 0 atom stereocenters. The molecule has 2 heterocycles. The Kier molecular flexibility index (Phi) is 7.18. The Morgan fingerprint density at radius 2 is 1.10 bits per heavy atom. The third-order valence-corrected chi connectivity index (χ3v) is 13.7. The Balaban J connectivity index is 1.07. The van der Waals surface area contributed by atoms with E-state index in [1.54, 1.807) is 0 Å². The van der Waals surface area contributed by atoms with Crippen molar-refractivity contribution < 1.29 is 4.42 Å². The second-order valence-electron chi connectivity index (χ2n) is 16.1. The lowest BCUT2D eigenvalue weighted by molar-refractivity contribution is 0.660. The van der Waals surface area contributed by atoms with Gasteiger partial charge in [-0.05, 0) is 104 Å². The summed E-state index contributed by atoms with van der Waals surface area (Å²) in [5.41, 5.74) is 15.1. The van der Waals surface area contributed by atoms with Crippen molar-refractivity contribution in [3.63, 3.8) is 0 Å². The number of anilines is 3. The van der Waals surface area contributed by atoms with Crippen molar-refractivity contribution in [2.24, 2.45) is 0 Å². The molecule has 0 radical (unpaired) electrons. The minimum absolute atomic E-state index is 0.135. The van der Waals surface area contributed by atoms with E-state index in [0.717, 1.165) is 50.1 Å². The quantitative estimate of drug-likeness (QED) is 0.174. The van der Waals surface area contributed by atoms with Crippen LogP contribution in [0.5, 0.6) is 0 Å². The number of para-hydroxylation sites is 1. The molecule has 0 amide bonds. The van der Waals surface area contributed by atoms with E-state index in [1.807, 2.05) is 11.3 Å². The van der Waals surface area contributed by atoms with E-state index in [0.29, 0.717) is 0 Å². The molecule has 58 heavy (non-hydrogen) atoms. The SMILES string of the molecule is CC1(C)c2ccccc2-c2ccc(N(c3ccc(-c4cccc5c4sc4ccccc45)cc3)c3ccccc3-c3cccc4oc5cc6ccccc6cc5c34)cc21. The van der Waals surface area contributed by atoms with Gasteiger partial charge in [-0.3, -0.25) is 0 Å². The lowest BCUT2D eigenvalue weighted by Gasteiger charge is -2.30. The summed E-state index contributed by atoms with van der Waals surface area (Å²) >= 11 is 1.88. The Morgan fingerprint density at radius 1 is 0.448 bits per heavy atom. The molecule has 0 spiro atoms. The van der Waals surface area contributed by atoms with Gasteiger partial charge in [0.15, 0.2) is 0 Å². The molecule has 0 saturated carbocycles. The maximum atomic E-state index is 6.59. The Hall–Kier alpha value is -6.94. The molecular formula is C55H37NOS. The molecule has 9 aromatic carbocycles. The Morgan fingerprint density at radius 3 is 1.98 bits per heavy atom. The maximum Gasteiger partial charge on any atom is 0.136 e. The summed E-state index contributed by atoms with van der Waals surface area (Å²) in [5.74, 6) is 0. The number of furan rings is 1. The van der Waals surface area contributed by atoms with Crippen LogP contribution in [0, 0.1) is 0 Å². The van der Waals surface area contributed by atoms with E-state index in [4.69, 9.17) is 4.42 Å². The van der Waals surface area contributed by atoms with Gasteiger partial charge < -0.3 is 9.32 Å². The molecule has 12 rings (SSSR count). The highest BCUT2D eigenvalue weighted by Crippen LogP contribution is 2.52. The highest BCUT2D eigenvalue weighted by Gasteiger charge is 2.36. The minimum atomic E-state index is -0.135. The normalized spacial score (nSPS) is 13.1. The average Bonchev–Trinajstić information content (AvgIpc) is 3.91. The van der Waals surface area contributed by atoms with Crippen LogP contribution in [0.4, 0.5) is 17.1 Å². The van der Waals surface area contributed by atoms with Crippen molar-refractivity contribution in [1.82, 2.24) is 0 Å². The summed E-state index contributed by atoms with van der Waals surface area (Å²) in [6, 6.07) is 68.9. The van der Waals surface area contributed by atoms with Crippen LogP contribution in [0.2, 0.25) is 0 Å². The summed E-state index contributed by atoms with van der Waals surface area (Å²) in [5, 5.41) is 7.27. The number of fused-ring (bicyclic) bond motifs is 10. The van der Waals surface area contributed by atoms with E-state index in [1.165, 1.54) is 64.3 Å². The lowest BCUT2D eigenvalue weighted by Crippen LogP contribution is -2.16. The first-order valence-corrected chi connectivity index (χ1v) is 20.8. The van der Waals surface area contributed by atoms with Crippen LogP contribution in [0.1, 0.15) is 25.0 Å². The fourth-order valence-electron chi connectivity index (χ4n) is 9.66. The zero-order valence-electron chi connectivity index (χ0n) is 32.2. The van der Waals surface area contributed by atoms with E-state index < -0.39 is 0 Å². The standard InChI is InChI=1S/C55H37NOS/c1-55(2)47-21-8-5-15-40(47)41-30-29-38(33-48(41)55)56(37-27-25-34(26-28-37)39-18-11-20-45-43-17-7-10-24-52(43)58-54(39)45)49-22-9-6-16-42(49)44-19-12-23-50-53(44)46-31-35-13-3-4-14-36(35)32-51(46)57-50/h3-33H,1-2H3. The zero-order chi connectivity index (χ0) is 38.5. The molecule has 0 bridgehead atoms. The van der Waals surface area contributed by atoms with Crippen molar-refractivity contribution in [3.8, 4) is 33.4 Å². The number of rotatable bonds is 5. The molecule has 0 saturated heterocycles. The fraction of sp³-hybridized carbons (Fsp3) is 0.0545. The number of nitrogens with zero attached hydrogens (tertiary/aromatic N) is 1. The van der Waals surface area contributed by atoms with Crippen molar-refractivity contribution in [2.75, 3.05) is 4.90 Å².